The second-order valence-electron chi connectivity index (χ2n) is 6.87. The first-order chi connectivity index (χ1) is 15.1. The highest BCUT2D eigenvalue weighted by Crippen LogP contribution is 2.24. The van der Waals surface area contributed by atoms with E-state index in [9.17, 15) is 9.59 Å². The number of aromatic nitrogens is 2. The summed E-state index contributed by atoms with van der Waals surface area (Å²) in [5.41, 5.74) is 2.91. The number of halogens is 1. The fourth-order valence-electron chi connectivity index (χ4n) is 3.20. The van der Waals surface area contributed by atoms with Gasteiger partial charge in [0.1, 0.15) is 0 Å². The van der Waals surface area contributed by atoms with Crippen LogP contribution in [0.15, 0.2) is 82.7 Å². The summed E-state index contributed by atoms with van der Waals surface area (Å²) in [6.07, 6.45) is 0. The average molecular weight is 451 g/mol. The molecule has 0 spiro atoms. The maximum absolute atomic E-state index is 13.2. The van der Waals surface area contributed by atoms with E-state index < -0.39 is 0 Å². The summed E-state index contributed by atoms with van der Waals surface area (Å²) in [4.78, 5) is 29.6. The highest BCUT2D eigenvalue weighted by molar-refractivity contribution is 7.98. The van der Waals surface area contributed by atoms with Crippen molar-refractivity contribution in [1.29, 1.82) is 0 Å². The Hall–Kier alpha value is -3.09. The summed E-state index contributed by atoms with van der Waals surface area (Å²) in [5, 5.41) is 1.79. The van der Waals surface area contributed by atoms with E-state index in [1.807, 2.05) is 54.6 Å². The molecule has 4 rings (SSSR count). The van der Waals surface area contributed by atoms with Gasteiger partial charge in [0.05, 0.1) is 30.1 Å². The predicted molar refractivity (Wildman–Crippen MR) is 124 cm³/mol. The van der Waals surface area contributed by atoms with Crippen LogP contribution in [0.3, 0.4) is 0 Å². The third kappa shape index (κ3) is 4.65. The van der Waals surface area contributed by atoms with E-state index >= 15 is 0 Å². The number of thioether (sulfide) groups is 1. The molecule has 0 amide bonds. The van der Waals surface area contributed by atoms with Crippen LogP contribution in [-0.2, 0) is 17.0 Å². The lowest BCUT2D eigenvalue weighted by Crippen LogP contribution is -2.24. The number of methoxy groups -OCH3 is 1. The van der Waals surface area contributed by atoms with Crippen LogP contribution in [-0.4, -0.2) is 22.6 Å². The quantitative estimate of drug-likeness (QED) is 0.230. The van der Waals surface area contributed by atoms with Gasteiger partial charge in [0.25, 0.3) is 5.56 Å². The fourth-order valence-corrected chi connectivity index (χ4v) is 4.35. The predicted octanol–water partition coefficient (Wildman–Crippen LogP) is 5.18. The van der Waals surface area contributed by atoms with Crippen molar-refractivity contribution in [2.45, 2.75) is 17.5 Å². The van der Waals surface area contributed by atoms with Crippen molar-refractivity contribution in [2.24, 2.45) is 0 Å². The summed E-state index contributed by atoms with van der Waals surface area (Å²) < 4.78 is 6.40. The monoisotopic (exact) mass is 450 g/mol. The molecule has 1 heterocycles. The molecule has 0 aliphatic rings. The van der Waals surface area contributed by atoms with E-state index in [0.29, 0.717) is 38.9 Å². The Labute approximate surface area is 188 Å². The van der Waals surface area contributed by atoms with Gasteiger partial charge in [-0.1, -0.05) is 65.8 Å². The molecular weight excluding hydrogens is 432 g/mol. The van der Waals surface area contributed by atoms with E-state index in [1.165, 1.54) is 18.9 Å². The maximum Gasteiger partial charge on any atom is 0.337 e. The fraction of sp³-hybridized carbons (Fsp3) is 0.125. The molecule has 3 aromatic carbocycles. The third-order valence-electron chi connectivity index (χ3n) is 4.86. The van der Waals surface area contributed by atoms with Gasteiger partial charge in [-0.3, -0.25) is 9.36 Å². The summed E-state index contributed by atoms with van der Waals surface area (Å²) in [6.45, 7) is 0.333. The van der Waals surface area contributed by atoms with Gasteiger partial charge in [-0.05, 0) is 41.5 Å². The lowest BCUT2D eigenvalue weighted by atomic mass is 10.1. The molecule has 0 N–H and O–H groups in total. The first-order valence-electron chi connectivity index (χ1n) is 9.60. The van der Waals surface area contributed by atoms with Crippen molar-refractivity contribution >= 4 is 40.2 Å². The Bertz CT molecular complexity index is 1300. The SMILES string of the molecule is COC(=O)c1ccc(CSc2nc3ccccc3c(=O)n2Cc2ccccc2Cl)cc1. The molecule has 0 fully saturated rings. The van der Waals surface area contributed by atoms with E-state index in [-0.39, 0.29) is 11.5 Å². The van der Waals surface area contributed by atoms with Crippen LogP contribution in [0.5, 0.6) is 0 Å². The number of esters is 1. The topological polar surface area (TPSA) is 61.2 Å². The molecule has 7 heteroatoms. The van der Waals surface area contributed by atoms with Crippen molar-refractivity contribution in [3.8, 4) is 0 Å². The van der Waals surface area contributed by atoms with Gasteiger partial charge in [-0.25, -0.2) is 9.78 Å². The number of carbonyl (C=O) groups is 1. The summed E-state index contributed by atoms with van der Waals surface area (Å²) >= 11 is 7.81. The number of benzene rings is 3. The number of carbonyl (C=O) groups excluding carboxylic acids is 1. The Morgan fingerprint density at radius 1 is 1.03 bits per heavy atom. The highest BCUT2D eigenvalue weighted by Gasteiger charge is 2.14. The molecule has 0 unspecified atom stereocenters. The Morgan fingerprint density at radius 2 is 1.74 bits per heavy atom. The number of hydrogen-bond acceptors (Lipinski definition) is 5. The van der Waals surface area contributed by atoms with E-state index in [0.717, 1.165) is 11.1 Å². The molecule has 0 saturated heterocycles. The molecule has 1 aromatic heterocycles. The van der Waals surface area contributed by atoms with Gasteiger partial charge in [0.2, 0.25) is 0 Å². The van der Waals surface area contributed by atoms with Gasteiger partial charge in [-0.2, -0.15) is 0 Å². The number of ether oxygens (including phenoxy) is 1. The maximum atomic E-state index is 13.2. The molecule has 0 radical (unpaired) electrons. The van der Waals surface area contributed by atoms with Crippen molar-refractivity contribution in [2.75, 3.05) is 7.11 Å². The number of para-hydroxylation sites is 1. The molecule has 0 aliphatic carbocycles. The van der Waals surface area contributed by atoms with Crippen LogP contribution in [0.1, 0.15) is 21.5 Å². The smallest absolute Gasteiger partial charge is 0.337 e. The number of hydrogen-bond donors (Lipinski definition) is 0. The molecule has 4 aromatic rings. The second-order valence-corrected chi connectivity index (χ2v) is 8.22. The summed E-state index contributed by atoms with van der Waals surface area (Å²) in [6, 6.07) is 22.0. The lowest BCUT2D eigenvalue weighted by Gasteiger charge is -2.14. The summed E-state index contributed by atoms with van der Waals surface area (Å²) in [7, 11) is 1.36. The zero-order chi connectivity index (χ0) is 21.8. The van der Waals surface area contributed by atoms with Gasteiger partial charge >= 0.3 is 5.97 Å². The van der Waals surface area contributed by atoms with Crippen LogP contribution in [0.25, 0.3) is 10.9 Å². The number of nitrogens with zero attached hydrogens (tertiary/aromatic N) is 2. The molecule has 156 valence electrons. The Kier molecular flexibility index (Phi) is 6.39. The zero-order valence-electron chi connectivity index (χ0n) is 16.7. The van der Waals surface area contributed by atoms with Crippen LogP contribution in [0.4, 0.5) is 0 Å². The summed E-state index contributed by atoms with van der Waals surface area (Å²) in [5.74, 6) is 0.221. The molecule has 0 atom stereocenters. The number of rotatable bonds is 6. The van der Waals surface area contributed by atoms with Crippen molar-refractivity contribution in [1.82, 2.24) is 9.55 Å². The molecule has 0 saturated carbocycles. The van der Waals surface area contributed by atoms with E-state index in [1.54, 1.807) is 22.8 Å². The highest BCUT2D eigenvalue weighted by atomic mass is 35.5. The molecule has 31 heavy (non-hydrogen) atoms. The molecule has 0 aliphatic heterocycles. The van der Waals surface area contributed by atoms with E-state index in [4.69, 9.17) is 21.3 Å². The van der Waals surface area contributed by atoms with Crippen molar-refractivity contribution < 1.29 is 9.53 Å². The van der Waals surface area contributed by atoms with Gasteiger partial charge in [-0.15, -0.1) is 0 Å². The minimum atomic E-state index is -0.371. The third-order valence-corrected chi connectivity index (χ3v) is 6.27. The lowest BCUT2D eigenvalue weighted by molar-refractivity contribution is 0.0600. The van der Waals surface area contributed by atoms with Gasteiger partial charge in [0, 0.05) is 10.8 Å². The first kappa shape index (κ1) is 21.2. The molecular formula is C24H19ClN2O3S. The minimum Gasteiger partial charge on any atom is -0.465 e. The van der Waals surface area contributed by atoms with Crippen LogP contribution in [0, 0.1) is 0 Å². The molecule has 0 bridgehead atoms. The normalized spacial score (nSPS) is 10.9. The van der Waals surface area contributed by atoms with Crippen LogP contribution in [0.2, 0.25) is 5.02 Å². The Balaban J connectivity index is 1.68. The van der Waals surface area contributed by atoms with Crippen LogP contribution >= 0.6 is 23.4 Å². The largest absolute Gasteiger partial charge is 0.465 e. The van der Waals surface area contributed by atoms with Crippen molar-refractivity contribution in [3.05, 3.63) is 105 Å². The average Bonchev–Trinajstić information content (AvgIpc) is 2.81. The van der Waals surface area contributed by atoms with Gasteiger partial charge in [0.15, 0.2) is 5.16 Å². The number of fused-ring (bicyclic) bond motifs is 1. The molecule has 5 nitrogen and oxygen atoms in total. The first-order valence-corrected chi connectivity index (χ1v) is 11.0. The van der Waals surface area contributed by atoms with Gasteiger partial charge < -0.3 is 4.74 Å². The standard InChI is InChI=1S/C24H19ClN2O3S/c1-30-23(29)17-12-10-16(11-13-17)15-31-24-26-21-9-5-3-7-19(21)22(28)27(24)14-18-6-2-4-8-20(18)25/h2-13H,14-15H2,1H3. The van der Waals surface area contributed by atoms with Crippen molar-refractivity contribution in [3.63, 3.8) is 0 Å². The second kappa shape index (κ2) is 9.37. The van der Waals surface area contributed by atoms with E-state index in [2.05, 4.69) is 0 Å². The van der Waals surface area contributed by atoms with Crippen LogP contribution < -0.4 is 5.56 Å². The Morgan fingerprint density at radius 3 is 2.48 bits per heavy atom. The minimum absolute atomic E-state index is 0.103. The zero-order valence-corrected chi connectivity index (χ0v) is 18.3.